The molecule has 0 aliphatic rings. The molecule has 0 saturated heterocycles. The van der Waals surface area contributed by atoms with Crippen LogP contribution in [-0.4, -0.2) is 0 Å². The van der Waals surface area contributed by atoms with Crippen LogP contribution in [0.4, 0.5) is 0 Å². The van der Waals surface area contributed by atoms with Crippen molar-refractivity contribution < 1.29 is 4.42 Å². The van der Waals surface area contributed by atoms with E-state index in [4.69, 9.17) is 4.42 Å². The molecular formula is C60H38O. The second kappa shape index (κ2) is 14.4. The van der Waals surface area contributed by atoms with Crippen LogP contribution >= 0.6 is 0 Å². The van der Waals surface area contributed by atoms with E-state index in [0.29, 0.717) is 0 Å². The van der Waals surface area contributed by atoms with E-state index in [1.165, 1.54) is 93.5 Å². The molecule has 12 aromatic rings. The minimum Gasteiger partial charge on any atom is -0.456 e. The van der Waals surface area contributed by atoms with Crippen molar-refractivity contribution in [2.75, 3.05) is 0 Å². The van der Waals surface area contributed by atoms with Crippen molar-refractivity contribution in [3.05, 3.63) is 231 Å². The second-order valence-electron chi connectivity index (χ2n) is 16.0. The van der Waals surface area contributed by atoms with Gasteiger partial charge in [-0.1, -0.05) is 194 Å². The summed E-state index contributed by atoms with van der Waals surface area (Å²) < 4.78 is 6.22. The number of hydrogen-bond acceptors (Lipinski definition) is 1. The van der Waals surface area contributed by atoms with Gasteiger partial charge in [-0.05, 0) is 135 Å². The molecule has 0 bridgehead atoms. The minimum absolute atomic E-state index is 0.904. The van der Waals surface area contributed by atoms with E-state index in [9.17, 15) is 0 Å². The zero-order chi connectivity index (χ0) is 40.3. The van der Waals surface area contributed by atoms with Crippen molar-refractivity contribution in [1.82, 2.24) is 0 Å². The Hall–Kier alpha value is -8.00. The molecule has 0 aliphatic heterocycles. The first kappa shape index (κ1) is 35.0. The predicted octanol–water partition coefficient (Wildman–Crippen LogP) is 17.0. The standard InChI is InChI=1S/C60H38O/c1-3-13-39(14-4-1)45-30-33-53-55(37-45)59(43-27-25-42(26-28-43)50-23-12-18-41-17-7-8-21-49(41)50)52-32-29-46(40-15-5-2-6-16-40)38-56(52)60(53)48-20-11-19-44(35-48)47-31-34-58-54(36-47)51-22-9-10-24-57(51)61-58/h1-38H. The van der Waals surface area contributed by atoms with Crippen molar-refractivity contribution in [3.63, 3.8) is 0 Å². The number of fused-ring (bicyclic) bond motifs is 6. The molecule has 1 aromatic heterocycles. The van der Waals surface area contributed by atoms with Crippen molar-refractivity contribution in [2.45, 2.75) is 0 Å². The summed E-state index contributed by atoms with van der Waals surface area (Å²) in [7, 11) is 0. The van der Waals surface area contributed by atoms with Gasteiger partial charge in [0, 0.05) is 10.8 Å². The maximum atomic E-state index is 6.22. The molecule has 0 fully saturated rings. The van der Waals surface area contributed by atoms with E-state index in [2.05, 4.69) is 218 Å². The van der Waals surface area contributed by atoms with Crippen LogP contribution in [-0.2, 0) is 0 Å². The monoisotopic (exact) mass is 774 g/mol. The predicted molar refractivity (Wildman–Crippen MR) is 259 cm³/mol. The summed E-state index contributed by atoms with van der Waals surface area (Å²) in [6.07, 6.45) is 0. The van der Waals surface area contributed by atoms with Gasteiger partial charge in [-0.25, -0.2) is 0 Å². The Morgan fingerprint density at radius 1 is 0.213 bits per heavy atom. The van der Waals surface area contributed by atoms with Gasteiger partial charge in [0.2, 0.25) is 0 Å². The molecule has 0 unspecified atom stereocenters. The SMILES string of the molecule is c1ccc(-c2ccc3c(-c4cccc(-c5ccc6oc7ccccc7c6c5)c4)c4cc(-c5ccccc5)ccc4c(-c4ccc(-c5cccc6ccccc56)cc4)c3c2)cc1. The first-order valence-electron chi connectivity index (χ1n) is 21.0. The lowest BCUT2D eigenvalue weighted by molar-refractivity contribution is 0.669. The van der Waals surface area contributed by atoms with Gasteiger partial charge >= 0.3 is 0 Å². The molecule has 0 amide bonds. The summed E-state index contributed by atoms with van der Waals surface area (Å²) in [5, 5.41) is 9.68. The average Bonchev–Trinajstić information content (AvgIpc) is 3.71. The molecule has 11 aromatic carbocycles. The molecule has 284 valence electrons. The molecule has 0 spiro atoms. The molecule has 1 nitrogen and oxygen atoms in total. The van der Waals surface area contributed by atoms with Gasteiger partial charge < -0.3 is 4.42 Å². The van der Waals surface area contributed by atoms with Gasteiger partial charge in [-0.15, -0.1) is 0 Å². The lowest BCUT2D eigenvalue weighted by Gasteiger charge is -2.20. The fourth-order valence-corrected chi connectivity index (χ4v) is 9.52. The Morgan fingerprint density at radius 2 is 0.672 bits per heavy atom. The zero-order valence-corrected chi connectivity index (χ0v) is 33.3. The van der Waals surface area contributed by atoms with Crippen LogP contribution in [0.5, 0.6) is 0 Å². The third-order valence-corrected chi connectivity index (χ3v) is 12.5. The number of hydrogen-bond donors (Lipinski definition) is 0. The molecule has 1 heteroatoms. The maximum Gasteiger partial charge on any atom is 0.135 e. The number of furan rings is 1. The van der Waals surface area contributed by atoms with Crippen molar-refractivity contribution in [3.8, 4) is 66.8 Å². The van der Waals surface area contributed by atoms with E-state index in [1.54, 1.807) is 0 Å². The highest BCUT2D eigenvalue weighted by molar-refractivity contribution is 6.23. The smallest absolute Gasteiger partial charge is 0.135 e. The van der Waals surface area contributed by atoms with Crippen LogP contribution < -0.4 is 0 Å². The molecule has 61 heavy (non-hydrogen) atoms. The van der Waals surface area contributed by atoms with Crippen molar-refractivity contribution in [2.24, 2.45) is 0 Å². The Bertz CT molecular complexity index is 3610. The first-order chi connectivity index (χ1) is 30.2. The fourth-order valence-electron chi connectivity index (χ4n) is 9.52. The van der Waals surface area contributed by atoms with Gasteiger partial charge in [0.1, 0.15) is 11.2 Å². The highest BCUT2D eigenvalue weighted by Gasteiger charge is 2.20. The van der Waals surface area contributed by atoms with Crippen LogP contribution in [0.25, 0.3) is 121 Å². The number of benzene rings is 11. The lowest BCUT2D eigenvalue weighted by atomic mass is 9.83. The summed E-state index contributed by atoms with van der Waals surface area (Å²) in [6, 6.07) is 84.0. The summed E-state index contributed by atoms with van der Waals surface area (Å²) in [4.78, 5) is 0. The van der Waals surface area contributed by atoms with E-state index in [-0.39, 0.29) is 0 Å². The van der Waals surface area contributed by atoms with E-state index < -0.39 is 0 Å². The fraction of sp³-hybridized carbons (Fsp3) is 0. The normalized spacial score (nSPS) is 11.6. The Morgan fingerprint density at radius 3 is 1.39 bits per heavy atom. The van der Waals surface area contributed by atoms with Gasteiger partial charge in [-0.2, -0.15) is 0 Å². The highest BCUT2D eigenvalue weighted by atomic mass is 16.3. The van der Waals surface area contributed by atoms with Gasteiger partial charge in [0.05, 0.1) is 0 Å². The molecule has 0 atom stereocenters. The Kier molecular flexibility index (Phi) is 8.25. The summed E-state index contributed by atoms with van der Waals surface area (Å²) in [6.45, 7) is 0. The van der Waals surface area contributed by atoms with E-state index in [0.717, 1.165) is 27.5 Å². The lowest BCUT2D eigenvalue weighted by Crippen LogP contribution is -1.93. The molecule has 0 aliphatic carbocycles. The van der Waals surface area contributed by atoms with Gasteiger partial charge in [-0.3, -0.25) is 0 Å². The average molecular weight is 775 g/mol. The summed E-state index contributed by atoms with van der Waals surface area (Å²) in [5.41, 5.74) is 16.2. The quantitative estimate of drug-likeness (QED) is 0.153. The first-order valence-corrected chi connectivity index (χ1v) is 21.0. The van der Waals surface area contributed by atoms with Gasteiger partial charge in [0.15, 0.2) is 0 Å². The van der Waals surface area contributed by atoms with Crippen LogP contribution in [0, 0.1) is 0 Å². The summed E-state index contributed by atoms with van der Waals surface area (Å²) in [5.74, 6) is 0. The van der Waals surface area contributed by atoms with E-state index in [1.807, 2.05) is 12.1 Å². The summed E-state index contributed by atoms with van der Waals surface area (Å²) >= 11 is 0. The van der Waals surface area contributed by atoms with E-state index >= 15 is 0 Å². The molecule has 12 rings (SSSR count). The maximum absolute atomic E-state index is 6.22. The van der Waals surface area contributed by atoms with Crippen LogP contribution in [0.3, 0.4) is 0 Å². The third kappa shape index (κ3) is 6.02. The number of para-hydroxylation sites is 1. The van der Waals surface area contributed by atoms with Crippen molar-refractivity contribution >= 4 is 54.3 Å². The largest absolute Gasteiger partial charge is 0.456 e. The molecule has 0 saturated carbocycles. The topological polar surface area (TPSA) is 13.1 Å². The molecule has 0 radical (unpaired) electrons. The minimum atomic E-state index is 0.904. The Labute approximate surface area is 354 Å². The second-order valence-corrected chi connectivity index (χ2v) is 16.0. The molecular weight excluding hydrogens is 737 g/mol. The van der Waals surface area contributed by atoms with Gasteiger partial charge in [0.25, 0.3) is 0 Å². The third-order valence-electron chi connectivity index (χ3n) is 12.5. The molecule has 1 heterocycles. The number of rotatable bonds is 6. The van der Waals surface area contributed by atoms with Crippen molar-refractivity contribution in [1.29, 1.82) is 0 Å². The Balaban J connectivity index is 1.11. The molecule has 0 N–H and O–H groups in total. The van der Waals surface area contributed by atoms with Crippen LogP contribution in [0.1, 0.15) is 0 Å². The highest BCUT2D eigenvalue weighted by Crippen LogP contribution is 2.47. The zero-order valence-electron chi connectivity index (χ0n) is 33.3. The van der Waals surface area contributed by atoms with Crippen LogP contribution in [0.15, 0.2) is 235 Å². The van der Waals surface area contributed by atoms with Crippen LogP contribution in [0.2, 0.25) is 0 Å².